The van der Waals surface area contributed by atoms with Gasteiger partial charge in [-0.05, 0) is 43.0 Å². The molecule has 0 spiro atoms. The Labute approximate surface area is 150 Å². The van der Waals surface area contributed by atoms with Crippen LogP contribution in [0.15, 0.2) is 23.1 Å². The van der Waals surface area contributed by atoms with E-state index in [1.54, 1.807) is 17.8 Å². The minimum absolute atomic E-state index is 0.0778. The van der Waals surface area contributed by atoms with Crippen molar-refractivity contribution >= 4 is 23.7 Å². The summed E-state index contributed by atoms with van der Waals surface area (Å²) >= 11 is 1.69. The van der Waals surface area contributed by atoms with Gasteiger partial charge in [-0.2, -0.15) is 0 Å². The van der Waals surface area contributed by atoms with Crippen molar-refractivity contribution in [2.75, 3.05) is 25.4 Å². The number of thioether (sulfide) groups is 1. The Balaban J connectivity index is 1.51. The molecule has 1 fully saturated rings. The summed E-state index contributed by atoms with van der Waals surface area (Å²) in [4.78, 5) is 26.3. The molecule has 4 N–H and O–H groups in total. The fourth-order valence-corrected chi connectivity index (χ4v) is 4.46. The minimum atomic E-state index is -0.329. The number of benzene rings is 1. The Hall–Kier alpha value is -1.80. The van der Waals surface area contributed by atoms with Crippen LogP contribution in [0.5, 0.6) is 0 Å². The maximum Gasteiger partial charge on any atom is 0.315 e. The van der Waals surface area contributed by atoms with Crippen molar-refractivity contribution in [3.8, 4) is 0 Å². The second-order valence-electron chi connectivity index (χ2n) is 6.51. The number of primary amides is 1. The van der Waals surface area contributed by atoms with Crippen molar-refractivity contribution in [3.05, 3.63) is 29.6 Å². The van der Waals surface area contributed by atoms with E-state index in [9.17, 15) is 14.0 Å². The van der Waals surface area contributed by atoms with Gasteiger partial charge in [0.1, 0.15) is 5.82 Å². The number of urea groups is 1. The zero-order chi connectivity index (χ0) is 17.8. The molecule has 1 aromatic carbocycles. The standard InChI is InChI=1S/C17H23FN4O2S/c18-11-1-2-15-13(9-11)14(5-8-25-15)21-17(24)20-12-3-6-22(7-4-12)10-16(19)23/h1-2,9,12,14H,3-8,10H2,(H2,19,23)(H2,20,21,24)/t14-/m0/s1. The van der Waals surface area contributed by atoms with Gasteiger partial charge in [0.2, 0.25) is 5.91 Å². The number of piperidine rings is 1. The molecule has 0 unspecified atom stereocenters. The Morgan fingerprint density at radius 2 is 2.00 bits per heavy atom. The highest BCUT2D eigenvalue weighted by Gasteiger charge is 2.25. The van der Waals surface area contributed by atoms with Crippen LogP contribution in [0.2, 0.25) is 0 Å². The van der Waals surface area contributed by atoms with E-state index in [-0.39, 0.29) is 36.4 Å². The number of rotatable bonds is 4. The number of carbonyl (C=O) groups excluding carboxylic acids is 2. The van der Waals surface area contributed by atoms with Crippen LogP contribution in [0.4, 0.5) is 9.18 Å². The normalized spacial score (nSPS) is 21.4. The van der Waals surface area contributed by atoms with Crippen LogP contribution < -0.4 is 16.4 Å². The quantitative estimate of drug-likeness (QED) is 0.756. The second kappa shape index (κ2) is 8.05. The number of nitrogens with two attached hydrogens (primary N) is 1. The van der Waals surface area contributed by atoms with Crippen LogP contribution in [-0.2, 0) is 4.79 Å². The lowest BCUT2D eigenvalue weighted by atomic mass is 10.0. The summed E-state index contributed by atoms with van der Waals surface area (Å²) in [5, 5.41) is 5.97. The van der Waals surface area contributed by atoms with Gasteiger partial charge in [-0.25, -0.2) is 9.18 Å². The summed E-state index contributed by atoms with van der Waals surface area (Å²) in [5.41, 5.74) is 6.05. The zero-order valence-corrected chi connectivity index (χ0v) is 14.8. The average molecular weight is 366 g/mol. The highest BCUT2D eigenvalue weighted by atomic mass is 32.2. The van der Waals surface area contributed by atoms with Crippen LogP contribution in [0.25, 0.3) is 0 Å². The third-order valence-corrected chi connectivity index (χ3v) is 5.74. The van der Waals surface area contributed by atoms with E-state index in [0.29, 0.717) is 0 Å². The predicted octanol–water partition coefficient (Wildman–Crippen LogP) is 1.61. The number of amides is 3. The molecular weight excluding hydrogens is 343 g/mol. The summed E-state index contributed by atoms with van der Waals surface area (Å²) < 4.78 is 13.5. The molecule has 2 heterocycles. The van der Waals surface area contributed by atoms with Gasteiger partial charge in [-0.15, -0.1) is 11.8 Å². The van der Waals surface area contributed by atoms with Crippen LogP contribution in [0, 0.1) is 5.82 Å². The van der Waals surface area contributed by atoms with Gasteiger partial charge in [0.25, 0.3) is 0 Å². The summed E-state index contributed by atoms with van der Waals surface area (Å²) in [6.07, 6.45) is 2.35. The van der Waals surface area contributed by atoms with Gasteiger partial charge in [0.05, 0.1) is 12.6 Å². The SMILES string of the molecule is NC(=O)CN1CCC(NC(=O)N[C@H]2CCSc3ccc(F)cc32)CC1. The van der Waals surface area contributed by atoms with E-state index in [2.05, 4.69) is 10.6 Å². The molecule has 25 heavy (non-hydrogen) atoms. The molecule has 1 aromatic rings. The van der Waals surface area contributed by atoms with E-state index < -0.39 is 0 Å². The fourth-order valence-electron chi connectivity index (χ4n) is 3.36. The molecule has 3 amide bonds. The first-order valence-electron chi connectivity index (χ1n) is 8.51. The molecule has 0 aromatic heterocycles. The Morgan fingerprint density at radius 3 is 2.72 bits per heavy atom. The zero-order valence-electron chi connectivity index (χ0n) is 14.0. The van der Waals surface area contributed by atoms with Gasteiger partial charge in [-0.1, -0.05) is 0 Å². The highest BCUT2D eigenvalue weighted by molar-refractivity contribution is 7.99. The molecule has 136 valence electrons. The van der Waals surface area contributed by atoms with Crippen molar-refractivity contribution in [1.82, 2.24) is 15.5 Å². The van der Waals surface area contributed by atoms with Crippen LogP contribution in [0.1, 0.15) is 30.9 Å². The van der Waals surface area contributed by atoms with Crippen LogP contribution in [-0.4, -0.2) is 48.3 Å². The largest absolute Gasteiger partial charge is 0.369 e. The maximum atomic E-state index is 13.5. The number of nitrogens with zero attached hydrogens (tertiary/aromatic N) is 1. The van der Waals surface area contributed by atoms with Crippen molar-refractivity contribution in [2.45, 2.75) is 36.2 Å². The number of nitrogens with one attached hydrogen (secondary N) is 2. The van der Waals surface area contributed by atoms with E-state index in [4.69, 9.17) is 5.73 Å². The van der Waals surface area contributed by atoms with Gasteiger partial charge in [0.15, 0.2) is 0 Å². The predicted molar refractivity (Wildman–Crippen MR) is 94.8 cm³/mol. The topological polar surface area (TPSA) is 87.5 Å². The molecular formula is C17H23FN4O2S. The lowest BCUT2D eigenvalue weighted by Gasteiger charge is -2.32. The van der Waals surface area contributed by atoms with Crippen molar-refractivity contribution in [3.63, 3.8) is 0 Å². The van der Waals surface area contributed by atoms with E-state index >= 15 is 0 Å². The van der Waals surface area contributed by atoms with E-state index in [0.717, 1.165) is 48.6 Å². The van der Waals surface area contributed by atoms with E-state index in [1.165, 1.54) is 12.1 Å². The number of fused-ring (bicyclic) bond motifs is 1. The van der Waals surface area contributed by atoms with Gasteiger partial charge < -0.3 is 16.4 Å². The van der Waals surface area contributed by atoms with Crippen molar-refractivity contribution in [1.29, 1.82) is 0 Å². The summed E-state index contributed by atoms with van der Waals surface area (Å²) in [6, 6.07) is 4.43. The lowest BCUT2D eigenvalue weighted by molar-refractivity contribution is -0.119. The Bertz CT molecular complexity index is 650. The number of hydrogen-bond donors (Lipinski definition) is 3. The summed E-state index contributed by atoms with van der Waals surface area (Å²) in [7, 11) is 0. The number of carbonyl (C=O) groups is 2. The smallest absolute Gasteiger partial charge is 0.315 e. The third-order valence-electron chi connectivity index (χ3n) is 4.62. The minimum Gasteiger partial charge on any atom is -0.369 e. The molecule has 0 radical (unpaired) electrons. The number of hydrogen-bond acceptors (Lipinski definition) is 4. The second-order valence-corrected chi connectivity index (χ2v) is 7.64. The fraction of sp³-hybridized carbons (Fsp3) is 0.529. The third kappa shape index (κ3) is 4.85. The Morgan fingerprint density at radius 1 is 1.24 bits per heavy atom. The maximum absolute atomic E-state index is 13.5. The van der Waals surface area contributed by atoms with Crippen molar-refractivity contribution < 1.29 is 14.0 Å². The van der Waals surface area contributed by atoms with E-state index in [1.807, 2.05) is 4.90 Å². The average Bonchev–Trinajstić information content (AvgIpc) is 2.57. The monoisotopic (exact) mass is 366 g/mol. The van der Waals surface area contributed by atoms with Gasteiger partial charge >= 0.3 is 6.03 Å². The Kier molecular flexibility index (Phi) is 5.80. The molecule has 2 aliphatic rings. The molecule has 1 atom stereocenters. The highest BCUT2D eigenvalue weighted by Crippen LogP contribution is 2.36. The first-order valence-corrected chi connectivity index (χ1v) is 9.50. The molecule has 3 rings (SSSR count). The summed E-state index contributed by atoms with van der Waals surface area (Å²) in [5.74, 6) is 0.287. The molecule has 6 nitrogen and oxygen atoms in total. The van der Waals surface area contributed by atoms with Crippen LogP contribution in [0.3, 0.4) is 0 Å². The van der Waals surface area contributed by atoms with Crippen molar-refractivity contribution in [2.24, 2.45) is 5.73 Å². The molecule has 1 saturated heterocycles. The van der Waals surface area contributed by atoms with Gasteiger partial charge in [0, 0.05) is 29.8 Å². The molecule has 0 saturated carbocycles. The molecule has 2 aliphatic heterocycles. The molecule has 8 heteroatoms. The number of halogens is 1. The lowest BCUT2D eigenvalue weighted by Crippen LogP contribution is -2.49. The van der Waals surface area contributed by atoms with Crippen LogP contribution >= 0.6 is 11.8 Å². The first-order chi connectivity index (χ1) is 12.0. The molecule has 0 bridgehead atoms. The number of likely N-dealkylation sites (tertiary alicyclic amines) is 1. The van der Waals surface area contributed by atoms with Gasteiger partial charge in [-0.3, -0.25) is 9.69 Å². The summed E-state index contributed by atoms with van der Waals surface area (Å²) in [6.45, 7) is 1.74. The molecule has 0 aliphatic carbocycles. The first kappa shape index (κ1) is 18.0.